The molecule has 10 heteroatoms. The molecule has 3 N–H and O–H groups in total. The van der Waals surface area contributed by atoms with Gasteiger partial charge in [-0.2, -0.15) is 0 Å². The molecule has 3 aliphatic rings. The second-order valence-electron chi connectivity index (χ2n) is 16.1. The van der Waals surface area contributed by atoms with Gasteiger partial charge in [0.25, 0.3) is 0 Å². The van der Waals surface area contributed by atoms with Crippen molar-refractivity contribution in [3.63, 3.8) is 0 Å². The molecule has 10 unspecified atom stereocenters. The van der Waals surface area contributed by atoms with E-state index in [1.807, 2.05) is 20.8 Å². The lowest BCUT2D eigenvalue weighted by Crippen LogP contribution is -2.51. The number of carbonyl (C=O) groups excluding carboxylic acids is 4. The summed E-state index contributed by atoms with van der Waals surface area (Å²) in [7, 11) is 0. The monoisotopic (exact) mass is 716 g/mol. The molecule has 1 spiro atoms. The van der Waals surface area contributed by atoms with E-state index in [1.54, 1.807) is 26.0 Å². The van der Waals surface area contributed by atoms with Crippen molar-refractivity contribution in [2.75, 3.05) is 32.8 Å². The molecule has 3 heterocycles. The van der Waals surface area contributed by atoms with Gasteiger partial charge in [-0.25, -0.2) is 0 Å². The van der Waals surface area contributed by atoms with Gasteiger partial charge in [-0.1, -0.05) is 39.8 Å². The first-order chi connectivity index (χ1) is 24.2. The third-order valence-corrected chi connectivity index (χ3v) is 11.4. The van der Waals surface area contributed by atoms with Crippen molar-refractivity contribution in [2.45, 2.75) is 149 Å². The molecule has 0 radical (unpaired) electrons. The molecule has 0 aromatic heterocycles. The first-order valence-electron chi connectivity index (χ1n) is 19.7. The topological polar surface area (TPSA) is 140 Å². The van der Waals surface area contributed by atoms with Gasteiger partial charge in [0.15, 0.2) is 17.3 Å². The molecule has 3 saturated heterocycles. The predicted molar refractivity (Wildman–Crippen MR) is 199 cm³/mol. The Morgan fingerprint density at radius 1 is 1.00 bits per heavy atom. The molecular formula is C41H68N2O8. The van der Waals surface area contributed by atoms with Gasteiger partial charge in [0.05, 0.1) is 49.6 Å². The van der Waals surface area contributed by atoms with Gasteiger partial charge in [-0.05, 0) is 120 Å². The molecule has 0 aromatic rings. The highest BCUT2D eigenvalue weighted by atomic mass is 16.6. The lowest BCUT2D eigenvalue weighted by atomic mass is 9.77. The molecule has 3 rings (SSSR count). The van der Waals surface area contributed by atoms with Crippen LogP contribution in [0.3, 0.4) is 0 Å². The van der Waals surface area contributed by atoms with Crippen LogP contribution in [-0.2, 0) is 33.4 Å². The summed E-state index contributed by atoms with van der Waals surface area (Å²) < 4.78 is 19.0. The van der Waals surface area contributed by atoms with Crippen LogP contribution in [0, 0.1) is 29.6 Å². The van der Waals surface area contributed by atoms with E-state index in [0.717, 1.165) is 70.0 Å². The van der Waals surface area contributed by atoms with Crippen molar-refractivity contribution in [3.8, 4) is 0 Å². The smallest absolute Gasteiger partial charge is 0.222 e. The van der Waals surface area contributed by atoms with E-state index in [-0.39, 0.29) is 72.6 Å². The van der Waals surface area contributed by atoms with Gasteiger partial charge < -0.3 is 30.0 Å². The van der Waals surface area contributed by atoms with Gasteiger partial charge in [-0.15, -0.1) is 0 Å². The number of rotatable bonds is 20. The van der Waals surface area contributed by atoms with Crippen molar-refractivity contribution >= 4 is 23.3 Å². The molecule has 51 heavy (non-hydrogen) atoms. The zero-order valence-electron chi connectivity index (χ0n) is 32.5. The summed E-state index contributed by atoms with van der Waals surface area (Å²) in [5.41, 5.74) is 0.607. The fraction of sp³-hybridized carbons (Fsp3) is 0.805. The number of nitrogens with one attached hydrogen (secondary N) is 2. The number of aliphatic hydroxyl groups excluding tert-OH is 1. The second-order valence-corrected chi connectivity index (χ2v) is 16.1. The van der Waals surface area contributed by atoms with Gasteiger partial charge in [0.1, 0.15) is 0 Å². The number of Topliss-reactive ketones (excluding diaryl/α,β-unsaturated/α-hetero) is 2. The molecule has 10 nitrogen and oxygen atoms in total. The minimum absolute atomic E-state index is 0.00507. The number of ketones is 3. The van der Waals surface area contributed by atoms with E-state index in [2.05, 4.69) is 30.6 Å². The Labute approximate surface area is 307 Å². The third kappa shape index (κ3) is 14.6. The first-order valence-corrected chi connectivity index (χ1v) is 19.7. The highest BCUT2D eigenvalue weighted by Gasteiger charge is 2.44. The number of ether oxygens (including phenoxy) is 3. The van der Waals surface area contributed by atoms with E-state index in [9.17, 15) is 24.3 Å². The van der Waals surface area contributed by atoms with Crippen LogP contribution in [0.15, 0.2) is 23.8 Å². The molecule has 290 valence electrons. The maximum atomic E-state index is 12.8. The number of carbonyl (C=O) groups is 4. The van der Waals surface area contributed by atoms with E-state index in [4.69, 9.17) is 14.2 Å². The number of amides is 1. The minimum atomic E-state index is -0.988. The number of hydrogen-bond acceptors (Lipinski definition) is 9. The zero-order chi connectivity index (χ0) is 37.6. The summed E-state index contributed by atoms with van der Waals surface area (Å²) in [5.74, 6) is 0.672. The summed E-state index contributed by atoms with van der Waals surface area (Å²) in [6, 6.07) is 0. The lowest BCUT2D eigenvalue weighted by Gasteiger charge is -2.48. The molecule has 0 saturated carbocycles. The van der Waals surface area contributed by atoms with Gasteiger partial charge in [0, 0.05) is 25.5 Å². The van der Waals surface area contributed by atoms with Crippen LogP contribution in [0.2, 0.25) is 0 Å². The van der Waals surface area contributed by atoms with Crippen molar-refractivity contribution in [3.05, 3.63) is 23.8 Å². The lowest BCUT2D eigenvalue weighted by molar-refractivity contribution is -0.211. The van der Waals surface area contributed by atoms with Crippen LogP contribution in [-0.4, -0.2) is 91.2 Å². The first kappa shape index (κ1) is 43.2. The van der Waals surface area contributed by atoms with Gasteiger partial charge >= 0.3 is 0 Å². The highest BCUT2D eigenvalue weighted by Crippen LogP contribution is 2.42. The molecule has 3 fully saturated rings. The third-order valence-electron chi connectivity index (χ3n) is 11.4. The summed E-state index contributed by atoms with van der Waals surface area (Å²) >= 11 is 0. The Morgan fingerprint density at radius 2 is 1.75 bits per heavy atom. The Hall–Kier alpha value is -2.24. The quantitative estimate of drug-likeness (QED) is 0.107. The maximum absolute atomic E-state index is 12.8. The summed E-state index contributed by atoms with van der Waals surface area (Å²) in [6.07, 6.45) is 13.2. The van der Waals surface area contributed by atoms with E-state index >= 15 is 0 Å². The Bertz CT molecular complexity index is 1200. The van der Waals surface area contributed by atoms with Gasteiger partial charge in [-0.3, -0.25) is 19.2 Å². The minimum Gasteiger partial charge on any atom is -0.391 e. The van der Waals surface area contributed by atoms with Crippen LogP contribution in [0.4, 0.5) is 0 Å². The summed E-state index contributed by atoms with van der Waals surface area (Å²) in [4.78, 5) is 49.2. The molecule has 0 bridgehead atoms. The SMILES string of the molecule is C/C=C/C(=O)CC1CCC(C)C(CC(=O)NCC(O)C(C)C(=O)CNCCCC2OC3(CCC2C)COCC(CCC(C)/C=C(\C)C(C)=O)C3)O1. The molecule has 10 atom stereocenters. The molecule has 0 aliphatic carbocycles. The van der Waals surface area contributed by atoms with Crippen LogP contribution in [0.1, 0.15) is 119 Å². The fourth-order valence-corrected chi connectivity index (χ4v) is 7.77. The Balaban J connectivity index is 1.33. The fourth-order valence-electron chi connectivity index (χ4n) is 7.77. The van der Waals surface area contributed by atoms with E-state index < -0.39 is 12.0 Å². The number of hydrogen-bond donors (Lipinski definition) is 3. The standard InChI is InChI=1S/C41H68N2O8/c1-8-10-34(45)20-35-15-13-28(3)39(50-35)21-40(48)43-24-37(47)31(6)36(46)23-42-18-9-11-38-29(4)16-17-41(51-38)22-33(25-49-26-41)14-12-27(2)19-30(5)32(7)44/h8,10,19,27-29,31,33,35,37-39,42,47H,9,11-18,20-26H2,1-7H3,(H,43,48)/b10-8+,30-19+. The molecule has 3 aliphatic heterocycles. The van der Waals surface area contributed by atoms with Crippen molar-refractivity contribution in [1.29, 1.82) is 0 Å². The largest absolute Gasteiger partial charge is 0.391 e. The molecule has 1 amide bonds. The summed E-state index contributed by atoms with van der Waals surface area (Å²) in [5, 5.41) is 16.7. The maximum Gasteiger partial charge on any atom is 0.222 e. The van der Waals surface area contributed by atoms with Crippen LogP contribution in [0.25, 0.3) is 0 Å². The van der Waals surface area contributed by atoms with E-state index in [1.165, 1.54) is 0 Å². The van der Waals surface area contributed by atoms with Gasteiger partial charge in [0.2, 0.25) is 5.91 Å². The van der Waals surface area contributed by atoms with Crippen molar-refractivity contribution in [2.24, 2.45) is 29.6 Å². The average molecular weight is 717 g/mol. The number of aliphatic hydroxyl groups is 1. The highest BCUT2D eigenvalue weighted by molar-refractivity contribution is 5.92. The normalized spacial score (nSPS) is 30.5. The van der Waals surface area contributed by atoms with Crippen LogP contribution < -0.4 is 10.6 Å². The van der Waals surface area contributed by atoms with Crippen molar-refractivity contribution < 1.29 is 38.5 Å². The van der Waals surface area contributed by atoms with Crippen LogP contribution in [0.5, 0.6) is 0 Å². The Morgan fingerprint density at radius 3 is 2.47 bits per heavy atom. The molecule has 0 aromatic carbocycles. The van der Waals surface area contributed by atoms with Crippen molar-refractivity contribution in [1.82, 2.24) is 10.6 Å². The number of allylic oxidation sites excluding steroid dienone is 4. The predicted octanol–water partition coefficient (Wildman–Crippen LogP) is 5.69. The average Bonchev–Trinajstić information content (AvgIpc) is 3.08. The van der Waals surface area contributed by atoms with E-state index in [0.29, 0.717) is 37.3 Å². The Kier molecular flexibility index (Phi) is 18.2. The van der Waals surface area contributed by atoms with Crippen LogP contribution >= 0.6 is 0 Å². The molecular weight excluding hydrogens is 648 g/mol. The zero-order valence-corrected chi connectivity index (χ0v) is 32.5. The second kappa shape index (κ2) is 21.5. The summed E-state index contributed by atoms with van der Waals surface area (Å²) in [6.45, 7) is 15.7.